The number of hydrogen-bond donors (Lipinski definition) is 2. The van der Waals surface area contributed by atoms with Gasteiger partial charge in [0, 0.05) is 49.0 Å². The van der Waals surface area contributed by atoms with Gasteiger partial charge >= 0.3 is 0 Å². The van der Waals surface area contributed by atoms with Crippen LogP contribution in [0, 0.1) is 0 Å². The van der Waals surface area contributed by atoms with Crippen LogP contribution >= 0.6 is 0 Å². The summed E-state index contributed by atoms with van der Waals surface area (Å²) in [5.74, 6) is 0.539. The van der Waals surface area contributed by atoms with Crippen molar-refractivity contribution in [2.75, 3.05) is 20.2 Å². The van der Waals surface area contributed by atoms with Gasteiger partial charge in [0.2, 0.25) is 5.88 Å². The molecule has 0 aliphatic carbocycles. The largest absolute Gasteiger partial charge is 0.481 e. The molecule has 172 valence electrons. The summed E-state index contributed by atoms with van der Waals surface area (Å²) in [6.07, 6.45) is 10.2. The standard InChI is InChI=1S/C27H32N4O2/c1-33-26-12-11-24-27(30-26)23(13-15-29-24)25(32)18-31-21-9-10-22(31)17-20(16-21)28-14-5-8-19-6-3-2-4-7-19/h2-8,11-13,15,20-22,25,28,32H,9-10,14,16-18H2,1H3/b8-5+. The maximum atomic E-state index is 11.2. The van der Waals surface area contributed by atoms with Gasteiger partial charge in [-0.05, 0) is 43.4 Å². The fraction of sp³-hybridized carbons (Fsp3) is 0.407. The molecule has 3 aromatic rings. The molecule has 2 fully saturated rings. The number of hydrogen-bond acceptors (Lipinski definition) is 6. The molecule has 2 aromatic heterocycles. The molecule has 2 saturated heterocycles. The molecule has 0 amide bonds. The molecule has 0 saturated carbocycles. The first-order valence-corrected chi connectivity index (χ1v) is 11.9. The third kappa shape index (κ3) is 4.93. The van der Waals surface area contributed by atoms with Crippen LogP contribution in [0.1, 0.15) is 42.9 Å². The summed E-state index contributed by atoms with van der Waals surface area (Å²) in [4.78, 5) is 11.5. The number of pyridine rings is 2. The molecule has 2 N–H and O–H groups in total. The van der Waals surface area contributed by atoms with E-state index in [9.17, 15) is 5.11 Å². The van der Waals surface area contributed by atoms with E-state index in [2.05, 4.69) is 56.6 Å². The number of rotatable bonds is 8. The van der Waals surface area contributed by atoms with Gasteiger partial charge in [-0.25, -0.2) is 4.98 Å². The Balaban J connectivity index is 1.20. The van der Waals surface area contributed by atoms with E-state index < -0.39 is 6.10 Å². The van der Waals surface area contributed by atoms with Gasteiger partial charge in [0.15, 0.2) is 0 Å². The van der Waals surface area contributed by atoms with Crippen LogP contribution in [0.5, 0.6) is 5.88 Å². The third-order valence-corrected chi connectivity index (χ3v) is 7.06. The van der Waals surface area contributed by atoms with E-state index in [-0.39, 0.29) is 0 Å². The van der Waals surface area contributed by atoms with Crippen molar-refractivity contribution in [1.82, 2.24) is 20.2 Å². The molecule has 2 bridgehead atoms. The second kappa shape index (κ2) is 10.00. The van der Waals surface area contributed by atoms with Gasteiger partial charge in [-0.2, -0.15) is 0 Å². The lowest BCUT2D eigenvalue weighted by Gasteiger charge is -2.40. The van der Waals surface area contributed by atoms with Crippen molar-refractivity contribution in [3.8, 4) is 5.88 Å². The van der Waals surface area contributed by atoms with E-state index in [4.69, 9.17) is 4.74 Å². The monoisotopic (exact) mass is 444 g/mol. The van der Waals surface area contributed by atoms with Crippen molar-refractivity contribution in [2.45, 2.75) is 49.9 Å². The molecule has 33 heavy (non-hydrogen) atoms. The van der Waals surface area contributed by atoms with Crippen LogP contribution in [-0.4, -0.2) is 58.3 Å². The molecule has 4 heterocycles. The number of fused-ring (bicyclic) bond motifs is 3. The highest BCUT2D eigenvalue weighted by Crippen LogP contribution is 2.37. The minimum atomic E-state index is -0.600. The Hall–Kier alpha value is -2.80. The Morgan fingerprint density at radius 3 is 2.67 bits per heavy atom. The summed E-state index contributed by atoms with van der Waals surface area (Å²) in [7, 11) is 1.61. The zero-order valence-corrected chi connectivity index (χ0v) is 19.1. The van der Waals surface area contributed by atoms with Gasteiger partial charge in [-0.15, -0.1) is 0 Å². The van der Waals surface area contributed by atoms with Gasteiger partial charge in [0.1, 0.15) is 0 Å². The molecule has 2 aliphatic rings. The van der Waals surface area contributed by atoms with Gasteiger partial charge in [-0.1, -0.05) is 42.5 Å². The number of aliphatic hydroxyl groups is 1. The zero-order chi connectivity index (χ0) is 22.6. The molecule has 5 rings (SSSR count). The lowest BCUT2D eigenvalue weighted by atomic mass is 9.96. The van der Waals surface area contributed by atoms with Crippen LogP contribution in [0.25, 0.3) is 17.1 Å². The number of nitrogens with one attached hydrogen (secondary N) is 1. The summed E-state index contributed by atoms with van der Waals surface area (Å²) >= 11 is 0. The Labute approximate surface area is 195 Å². The lowest BCUT2D eigenvalue weighted by molar-refractivity contribution is 0.0528. The first-order chi connectivity index (χ1) is 16.2. The van der Waals surface area contributed by atoms with Crippen LogP contribution in [0.2, 0.25) is 0 Å². The van der Waals surface area contributed by atoms with E-state index in [1.54, 1.807) is 19.4 Å². The first kappa shape index (κ1) is 22.0. The fourth-order valence-corrected chi connectivity index (χ4v) is 5.44. The van der Waals surface area contributed by atoms with Gasteiger partial charge < -0.3 is 15.2 Å². The second-order valence-electron chi connectivity index (χ2n) is 9.11. The van der Waals surface area contributed by atoms with Crippen molar-refractivity contribution in [1.29, 1.82) is 0 Å². The molecule has 3 atom stereocenters. The summed E-state index contributed by atoms with van der Waals surface area (Å²) in [5, 5.41) is 14.9. The summed E-state index contributed by atoms with van der Waals surface area (Å²) in [5.41, 5.74) is 3.56. The first-order valence-electron chi connectivity index (χ1n) is 11.9. The highest BCUT2D eigenvalue weighted by atomic mass is 16.5. The molecule has 0 spiro atoms. The molecular weight excluding hydrogens is 412 g/mol. The predicted molar refractivity (Wildman–Crippen MR) is 131 cm³/mol. The normalized spacial score (nSPS) is 23.9. The van der Waals surface area contributed by atoms with Gasteiger partial charge in [-0.3, -0.25) is 9.88 Å². The average Bonchev–Trinajstić information content (AvgIpc) is 3.08. The highest BCUT2D eigenvalue weighted by Gasteiger charge is 2.41. The van der Waals surface area contributed by atoms with Crippen LogP contribution in [0.15, 0.2) is 60.8 Å². The van der Waals surface area contributed by atoms with E-state index in [1.807, 2.05) is 18.2 Å². The van der Waals surface area contributed by atoms with Crippen LogP contribution in [0.4, 0.5) is 0 Å². The topological polar surface area (TPSA) is 70.5 Å². The van der Waals surface area contributed by atoms with Crippen molar-refractivity contribution in [2.24, 2.45) is 0 Å². The molecule has 3 unspecified atom stereocenters. The number of aliphatic hydroxyl groups excluding tert-OH is 1. The van der Waals surface area contributed by atoms with Crippen molar-refractivity contribution in [3.05, 3.63) is 71.9 Å². The predicted octanol–water partition coefficient (Wildman–Crippen LogP) is 3.97. The molecule has 1 aromatic carbocycles. The Morgan fingerprint density at radius 2 is 1.91 bits per heavy atom. The third-order valence-electron chi connectivity index (χ3n) is 7.06. The minimum Gasteiger partial charge on any atom is -0.481 e. The molecule has 2 aliphatic heterocycles. The van der Waals surface area contributed by atoms with Crippen LogP contribution < -0.4 is 10.1 Å². The van der Waals surface area contributed by atoms with Crippen LogP contribution in [-0.2, 0) is 0 Å². The molecule has 0 radical (unpaired) electrons. The number of ether oxygens (including phenoxy) is 1. The van der Waals surface area contributed by atoms with Crippen molar-refractivity contribution >= 4 is 17.1 Å². The van der Waals surface area contributed by atoms with Gasteiger partial charge in [0.05, 0.1) is 24.2 Å². The highest BCUT2D eigenvalue weighted by molar-refractivity contribution is 5.78. The minimum absolute atomic E-state index is 0.518. The number of piperidine rings is 1. The fourth-order valence-electron chi connectivity index (χ4n) is 5.44. The average molecular weight is 445 g/mol. The lowest BCUT2D eigenvalue weighted by Crippen LogP contribution is -2.50. The zero-order valence-electron chi connectivity index (χ0n) is 19.1. The van der Waals surface area contributed by atoms with Crippen LogP contribution in [0.3, 0.4) is 0 Å². The Morgan fingerprint density at radius 1 is 1.12 bits per heavy atom. The number of benzene rings is 1. The summed E-state index contributed by atoms with van der Waals surface area (Å²) in [6, 6.07) is 17.6. The molecular formula is C27H32N4O2. The van der Waals surface area contributed by atoms with Crippen molar-refractivity contribution in [3.63, 3.8) is 0 Å². The Kier molecular flexibility index (Phi) is 6.67. The maximum Gasteiger partial charge on any atom is 0.213 e. The van der Waals surface area contributed by atoms with Gasteiger partial charge in [0.25, 0.3) is 0 Å². The quantitative estimate of drug-likeness (QED) is 0.548. The van der Waals surface area contributed by atoms with Crippen molar-refractivity contribution < 1.29 is 9.84 Å². The smallest absolute Gasteiger partial charge is 0.213 e. The SMILES string of the molecule is COc1ccc2nccc(C(O)CN3C4CCC3CC(NC/C=C/c3ccccc3)C4)c2n1. The maximum absolute atomic E-state index is 11.2. The molecule has 6 nitrogen and oxygen atoms in total. The number of aromatic nitrogens is 2. The van der Waals surface area contributed by atoms with E-state index in [1.165, 1.54) is 18.4 Å². The second-order valence-corrected chi connectivity index (χ2v) is 9.11. The summed E-state index contributed by atoms with van der Waals surface area (Å²) in [6.45, 7) is 1.52. The summed E-state index contributed by atoms with van der Waals surface area (Å²) < 4.78 is 5.29. The van der Waals surface area contributed by atoms with E-state index >= 15 is 0 Å². The Bertz CT molecular complexity index is 1090. The van der Waals surface area contributed by atoms with E-state index in [0.29, 0.717) is 30.6 Å². The number of nitrogens with zero attached hydrogens (tertiary/aromatic N) is 3. The number of methoxy groups -OCH3 is 1. The van der Waals surface area contributed by atoms with E-state index in [0.717, 1.165) is 36.0 Å². The molecule has 6 heteroatoms.